The molecule has 98 valence electrons. The third-order valence-electron chi connectivity index (χ3n) is 3.81. The van der Waals surface area contributed by atoms with E-state index in [9.17, 15) is 9.90 Å². The van der Waals surface area contributed by atoms with Crippen LogP contribution in [-0.4, -0.2) is 21.0 Å². The summed E-state index contributed by atoms with van der Waals surface area (Å²) in [5.74, 6) is -0.219. The van der Waals surface area contributed by atoms with E-state index in [4.69, 9.17) is 0 Å². The zero-order valence-electron chi connectivity index (χ0n) is 10.2. The van der Waals surface area contributed by atoms with Crippen LogP contribution in [0.25, 0.3) is 11.3 Å². The summed E-state index contributed by atoms with van der Waals surface area (Å²) in [4.78, 5) is 18.9. The minimum Gasteiger partial charge on any atom is -0.480 e. The molecule has 0 saturated heterocycles. The van der Waals surface area contributed by atoms with Crippen molar-refractivity contribution in [3.05, 3.63) is 40.8 Å². The Morgan fingerprint density at radius 2 is 2.11 bits per heavy atom. The average molecular weight is 321 g/mol. The second kappa shape index (κ2) is 4.49. The molecule has 0 atom stereocenters. The van der Waals surface area contributed by atoms with E-state index in [0.29, 0.717) is 18.7 Å². The Labute approximate surface area is 119 Å². The van der Waals surface area contributed by atoms with Crippen molar-refractivity contribution in [2.75, 3.05) is 0 Å². The van der Waals surface area contributed by atoms with E-state index in [-0.39, 0.29) is 0 Å². The number of nitrogens with one attached hydrogen (secondary N) is 1. The van der Waals surface area contributed by atoms with Crippen LogP contribution < -0.4 is 0 Å². The van der Waals surface area contributed by atoms with Crippen molar-refractivity contribution >= 4 is 21.9 Å². The molecule has 0 aliphatic heterocycles. The number of hydrogen-bond donors (Lipinski definition) is 2. The number of aromatic amines is 1. The molecule has 1 aromatic heterocycles. The first-order valence-corrected chi connectivity index (χ1v) is 6.96. The fourth-order valence-corrected chi connectivity index (χ4v) is 2.96. The van der Waals surface area contributed by atoms with Gasteiger partial charge in [0.25, 0.3) is 0 Å². The Bertz CT molecular complexity index is 632. The Kier molecular flexibility index (Phi) is 2.93. The lowest BCUT2D eigenvalue weighted by atomic mass is 9.68. The van der Waals surface area contributed by atoms with E-state index >= 15 is 0 Å². The van der Waals surface area contributed by atoms with Crippen LogP contribution >= 0.6 is 15.9 Å². The van der Waals surface area contributed by atoms with Gasteiger partial charge in [0, 0.05) is 10.0 Å². The van der Waals surface area contributed by atoms with Crippen molar-refractivity contribution in [3.63, 3.8) is 0 Å². The van der Waals surface area contributed by atoms with Gasteiger partial charge in [-0.25, -0.2) is 4.98 Å². The Morgan fingerprint density at radius 1 is 1.37 bits per heavy atom. The molecule has 1 fully saturated rings. The molecule has 0 radical (unpaired) electrons. The molecule has 1 aliphatic rings. The zero-order chi connectivity index (χ0) is 13.5. The van der Waals surface area contributed by atoms with Gasteiger partial charge in [-0.15, -0.1) is 0 Å². The van der Waals surface area contributed by atoms with Crippen LogP contribution in [0.4, 0.5) is 0 Å². The molecular weight excluding hydrogens is 308 g/mol. The number of hydrogen-bond acceptors (Lipinski definition) is 2. The predicted octanol–water partition coefficient (Wildman–Crippen LogP) is 3.35. The first kappa shape index (κ1) is 12.4. The molecule has 0 unspecified atom stereocenters. The van der Waals surface area contributed by atoms with Crippen molar-refractivity contribution in [1.82, 2.24) is 9.97 Å². The maximum Gasteiger partial charge on any atom is 0.317 e. The highest BCUT2D eigenvalue weighted by Gasteiger charge is 2.48. The van der Waals surface area contributed by atoms with Gasteiger partial charge in [0.15, 0.2) is 0 Å². The predicted molar refractivity (Wildman–Crippen MR) is 74.9 cm³/mol. The average Bonchev–Trinajstić information content (AvgIpc) is 2.77. The molecule has 0 spiro atoms. The standard InChI is InChI=1S/C14H13BrN2O2/c15-10-5-2-1-4-9(10)11-8-16-12(17-11)14(13(18)19)6-3-7-14/h1-2,4-5,8H,3,6-7H2,(H,16,17)(H,18,19). The van der Waals surface area contributed by atoms with Crippen LogP contribution in [0.15, 0.2) is 34.9 Å². The van der Waals surface area contributed by atoms with Gasteiger partial charge in [-0.05, 0) is 18.9 Å². The van der Waals surface area contributed by atoms with Crippen LogP contribution in [-0.2, 0) is 10.2 Å². The van der Waals surface area contributed by atoms with E-state index in [2.05, 4.69) is 25.9 Å². The van der Waals surface area contributed by atoms with Crippen LogP contribution in [0, 0.1) is 0 Å². The number of benzene rings is 1. The number of nitrogens with zero attached hydrogens (tertiary/aromatic N) is 1. The van der Waals surface area contributed by atoms with Gasteiger partial charge in [-0.3, -0.25) is 4.79 Å². The molecule has 1 aliphatic carbocycles. The number of aromatic nitrogens is 2. The van der Waals surface area contributed by atoms with E-state index in [1.54, 1.807) is 6.20 Å². The molecule has 2 N–H and O–H groups in total. The third-order valence-corrected chi connectivity index (χ3v) is 4.50. The van der Waals surface area contributed by atoms with Crippen LogP contribution in [0.3, 0.4) is 0 Å². The van der Waals surface area contributed by atoms with Crippen LogP contribution in [0.5, 0.6) is 0 Å². The SMILES string of the molecule is O=C(O)C1(c2ncc(-c3ccccc3Br)[nH]2)CCC1. The van der Waals surface area contributed by atoms with E-state index in [1.807, 2.05) is 24.3 Å². The fraction of sp³-hybridized carbons (Fsp3) is 0.286. The fourth-order valence-electron chi connectivity index (χ4n) is 2.46. The largest absolute Gasteiger partial charge is 0.480 e. The van der Waals surface area contributed by atoms with Crippen LogP contribution in [0.1, 0.15) is 25.1 Å². The molecule has 4 nitrogen and oxygen atoms in total. The van der Waals surface area contributed by atoms with E-state index in [0.717, 1.165) is 22.2 Å². The minimum absolute atomic E-state index is 0.567. The van der Waals surface area contributed by atoms with E-state index < -0.39 is 11.4 Å². The van der Waals surface area contributed by atoms with Crippen molar-refractivity contribution < 1.29 is 9.90 Å². The number of imidazole rings is 1. The molecule has 1 aromatic carbocycles. The molecule has 2 aromatic rings. The number of aliphatic carboxylic acids is 1. The first-order chi connectivity index (χ1) is 9.13. The summed E-state index contributed by atoms with van der Waals surface area (Å²) < 4.78 is 0.961. The molecular formula is C14H13BrN2O2. The Hall–Kier alpha value is -1.62. The second-order valence-electron chi connectivity index (χ2n) is 4.87. The lowest BCUT2D eigenvalue weighted by Crippen LogP contribution is -2.43. The smallest absolute Gasteiger partial charge is 0.317 e. The quantitative estimate of drug-likeness (QED) is 0.911. The molecule has 3 rings (SSSR count). The van der Waals surface area contributed by atoms with Gasteiger partial charge in [0.1, 0.15) is 11.2 Å². The van der Waals surface area contributed by atoms with Gasteiger partial charge in [0.2, 0.25) is 0 Å². The minimum atomic E-state index is -0.806. The second-order valence-corrected chi connectivity index (χ2v) is 5.72. The number of rotatable bonds is 3. The zero-order valence-corrected chi connectivity index (χ0v) is 11.8. The number of halogens is 1. The Balaban J connectivity index is 2.01. The lowest BCUT2D eigenvalue weighted by Gasteiger charge is -2.35. The van der Waals surface area contributed by atoms with E-state index in [1.165, 1.54) is 0 Å². The summed E-state index contributed by atoms with van der Waals surface area (Å²) in [6.07, 6.45) is 3.96. The summed E-state index contributed by atoms with van der Waals surface area (Å²) >= 11 is 3.49. The number of carbonyl (C=O) groups is 1. The molecule has 1 saturated carbocycles. The normalized spacial score (nSPS) is 16.9. The summed E-state index contributed by atoms with van der Waals surface area (Å²) in [6, 6.07) is 7.80. The summed E-state index contributed by atoms with van der Waals surface area (Å²) in [5.41, 5.74) is 1.02. The number of carboxylic acids is 1. The topological polar surface area (TPSA) is 66.0 Å². The summed E-state index contributed by atoms with van der Waals surface area (Å²) in [6.45, 7) is 0. The molecule has 0 amide bonds. The van der Waals surface area contributed by atoms with Gasteiger partial charge >= 0.3 is 5.97 Å². The van der Waals surface area contributed by atoms with Gasteiger partial charge in [0.05, 0.1) is 11.9 Å². The molecule has 19 heavy (non-hydrogen) atoms. The summed E-state index contributed by atoms with van der Waals surface area (Å²) in [7, 11) is 0. The third kappa shape index (κ3) is 1.89. The van der Waals surface area contributed by atoms with Crippen molar-refractivity contribution in [1.29, 1.82) is 0 Å². The maximum atomic E-state index is 11.4. The Morgan fingerprint density at radius 3 is 2.68 bits per heavy atom. The highest BCUT2D eigenvalue weighted by molar-refractivity contribution is 9.10. The monoisotopic (exact) mass is 320 g/mol. The highest BCUT2D eigenvalue weighted by atomic mass is 79.9. The lowest BCUT2D eigenvalue weighted by molar-refractivity contribution is -0.147. The van der Waals surface area contributed by atoms with Gasteiger partial charge < -0.3 is 10.1 Å². The van der Waals surface area contributed by atoms with Crippen molar-refractivity contribution in [3.8, 4) is 11.3 Å². The van der Waals surface area contributed by atoms with Crippen molar-refractivity contribution in [2.45, 2.75) is 24.7 Å². The number of carboxylic acid groups (broad SMARTS) is 1. The highest BCUT2D eigenvalue weighted by Crippen LogP contribution is 2.43. The van der Waals surface area contributed by atoms with Crippen LogP contribution in [0.2, 0.25) is 0 Å². The van der Waals surface area contributed by atoms with Gasteiger partial charge in [-0.1, -0.05) is 40.5 Å². The molecule has 0 bridgehead atoms. The van der Waals surface area contributed by atoms with Crippen molar-refractivity contribution in [2.24, 2.45) is 0 Å². The van der Waals surface area contributed by atoms with Gasteiger partial charge in [-0.2, -0.15) is 0 Å². The number of H-pyrrole nitrogens is 1. The maximum absolute atomic E-state index is 11.4. The molecule has 5 heteroatoms. The molecule has 1 heterocycles. The first-order valence-electron chi connectivity index (χ1n) is 6.17. The summed E-state index contributed by atoms with van der Waals surface area (Å²) in [5, 5.41) is 9.40.